The van der Waals surface area contributed by atoms with Crippen LogP contribution in [0.4, 0.5) is 0 Å². The van der Waals surface area contributed by atoms with Crippen LogP contribution in [0, 0.1) is 0 Å². The summed E-state index contributed by atoms with van der Waals surface area (Å²) in [6.07, 6.45) is 0. The third-order valence-electron chi connectivity index (χ3n) is 4.28. The van der Waals surface area contributed by atoms with Gasteiger partial charge < -0.3 is 24.1 Å². The molecule has 2 rings (SSSR count). The second-order valence-electron chi connectivity index (χ2n) is 6.30. The first-order valence-corrected chi connectivity index (χ1v) is 7.03. The van der Waals surface area contributed by atoms with Gasteiger partial charge in [-0.1, -0.05) is 12.1 Å². The molecule has 0 amide bonds. The van der Waals surface area contributed by atoms with Crippen LogP contribution in [0.15, 0.2) is 18.2 Å². The summed E-state index contributed by atoms with van der Waals surface area (Å²) in [5, 5.41) is 19.0. The van der Waals surface area contributed by atoms with Gasteiger partial charge >= 0.3 is 20.2 Å². The average Bonchev–Trinajstić information content (AvgIpc) is 2.66. The Morgan fingerprint density at radius 2 is 1.73 bits per heavy atom. The number of benzene rings is 1. The first-order valence-electron chi connectivity index (χ1n) is 7.03. The van der Waals surface area contributed by atoms with Crippen LogP contribution in [0.3, 0.4) is 0 Å². The highest BCUT2D eigenvalue weighted by Crippen LogP contribution is 2.36. The van der Waals surface area contributed by atoms with Gasteiger partial charge in [0.15, 0.2) is 0 Å². The van der Waals surface area contributed by atoms with E-state index in [9.17, 15) is 14.8 Å². The normalized spacial score (nSPS) is 19.1. The van der Waals surface area contributed by atoms with Gasteiger partial charge in [0.2, 0.25) is 0 Å². The maximum absolute atomic E-state index is 11.7. The van der Waals surface area contributed by atoms with E-state index in [0.717, 1.165) is 0 Å². The van der Waals surface area contributed by atoms with Crippen LogP contribution in [0.2, 0.25) is 0 Å². The van der Waals surface area contributed by atoms with E-state index in [0.29, 0.717) is 5.46 Å². The summed E-state index contributed by atoms with van der Waals surface area (Å²) in [4.78, 5) is 11.7. The van der Waals surface area contributed by atoms with Crippen LogP contribution in [0.25, 0.3) is 0 Å². The number of hydrogen-bond donors (Lipinski definition) is 2. The number of methoxy groups -OCH3 is 1. The molecule has 0 aromatic heterocycles. The highest BCUT2D eigenvalue weighted by atomic mass is 16.7. The molecule has 1 fully saturated rings. The van der Waals surface area contributed by atoms with Crippen molar-refractivity contribution in [2.45, 2.75) is 38.9 Å². The Labute approximate surface area is 130 Å². The van der Waals surface area contributed by atoms with Gasteiger partial charge in [0.1, 0.15) is 0 Å². The summed E-state index contributed by atoms with van der Waals surface area (Å²) in [6.45, 7) is 7.71. The Morgan fingerprint density at radius 3 is 2.18 bits per heavy atom. The Kier molecular flexibility index (Phi) is 4.41. The van der Waals surface area contributed by atoms with Gasteiger partial charge in [-0.3, -0.25) is 0 Å². The molecule has 1 heterocycles. The van der Waals surface area contributed by atoms with Crippen molar-refractivity contribution in [1.82, 2.24) is 0 Å². The van der Waals surface area contributed by atoms with Gasteiger partial charge in [0.05, 0.1) is 23.9 Å². The third-order valence-corrected chi connectivity index (χ3v) is 4.28. The predicted octanol–water partition coefficient (Wildman–Crippen LogP) is -0.548. The van der Waals surface area contributed by atoms with Crippen LogP contribution < -0.4 is 10.9 Å². The Bertz CT molecular complexity index is 569. The summed E-state index contributed by atoms with van der Waals surface area (Å²) < 4.78 is 16.5. The van der Waals surface area contributed by atoms with Gasteiger partial charge in [-0.2, -0.15) is 0 Å². The van der Waals surface area contributed by atoms with Crippen LogP contribution in [0.5, 0.6) is 0 Å². The van der Waals surface area contributed by atoms with Gasteiger partial charge in [0, 0.05) is 0 Å². The molecule has 1 aliphatic heterocycles. The molecule has 1 aliphatic rings. The lowest BCUT2D eigenvalue weighted by atomic mass is 9.70. The molecule has 0 bridgehead atoms. The summed E-state index contributed by atoms with van der Waals surface area (Å²) in [5.74, 6) is -0.636. The number of carbonyl (C=O) groups excluding carboxylic acids is 1. The zero-order valence-electron chi connectivity index (χ0n) is 13.4. The SMILES string of the molecule is COC(=O)c1ccc(B2OC(C)(C)C(C)(C)O2)cc1B(O)O. The molecule has 1 aromatic rings. The maximum atomic E-state index is 11.7. The average molecular weight is 306 g/mol. The van der Waals surface area contributed by atoms with Crippen LogP contribution in [0.1, 0.15) is 38.1 Å². The molecule has 0 saturated carbocycles. The van der Waals surface area contributed by atoms with E-state index in [1.165, 1.54) is 19.2 Å². The topological polar surface area (TPSA) is 85.2 Å². The molecule has 1 aromatic carbocycles. The summed E-state index contributed by atoms with van der Waals surface area (Å²) >= 11 is 0. The van der Waals surface area contributed by atoms with Crippen LogP contribution >= 0.6 is 0 Å². The number of rotatable bonds is 3. The fourth-order valence-electron chi connectivity index (χ4n) is 2.22. The van der Waals surface area contributed by atoms with Crippen LogP contribution in [-0.4, -0.2) is 48.6 Å². The number of ether oxygens (including phenoxy) is 1. The monoisotopic (exact) mass is 306 g/mol. The molecule has 2 N–H and O–H groups in total. The van der Waals surface area contributed by atoms with Crippen molar-refractivity contribution in [3.05, 3.63) is 23.8 Å². The molecule has 1 saturated heterocycles. The first-order chi connectivity index (χ1) is 10.1. The Hall–Kier alpha value is -1.34. The lowest BCUT2D eigenvalue weighted by Gasteiger charge is -2.32. The summed E-state index contributed by atoms with van der Waals surface area (Å²) in [7, 11) is -1.21. The van der Waals surface area contributed by atoms with E-state index in [-0.39, 0.29) is 11.0 Å². The smallest absolute Gasteiger partial charge is 0.465 e. The highest BCUT2D eigenvalue weighted by Gasteiger charge is 2.51. The van der Waals surface area contributed by atoms with Crippen molar-refractivity contribution >= 4 is 31.1 Å². The summed E-state index contributed by atoms with van der Waals surface area (Å²) in [5.41, 5.74) is -0.251. The second-order valence-corrected chi connectivity index (χ2v) is 6.30. The maximum Gasteiger partial charge on any atom is 0.494 e. The van der Waals surface area contributed by atoms with Crippen molar-refractivity contribution in [2.75, 3.05) is 7.11 Å². The first kappa shape index (κ1) is 17.0. The van der Waals surface area contributed by atoms with E-state index < -0.39 is 31.4 Å². The molecule has 0 atom stereocenters. The third kappa shape index (κ3) is 2.92. The standard InChI is InChI=1S/C14H20B2O6/c1-13(2)14(3,4)22-16(21-13)9-6-7-10(12(17)20-5)11(8-9)15(18)19/h6-8,18-19H,1-5H3. The molecule has 6 nitrogen and oxygen atoms in total. The molecule has 0 unspecified atom stereocenters. The second kappa shape index (κ2) is 5.70. The molecule has 118 valence electrons. The summed E-state index contributed by atoms with van der Waals surface area (Å²) in [6, 6.07) is 4.61. The van der Waals surface area contributed by atoms with E-state index >= 15 is 0 Å². The highest BCUT2D eigenvalue weighted by molar-refractivity contribution is 6.65. The minimum absolute atomic E-state index is 0.0547. The van der Waals surface area contributed by atoms with Crippen molar-refractivity contribution < 1.29 is 28.9 Å². The minimum Gasteiger partial charge on any atom is -0.465 e. The molecular weight excluding hydrogens is 286 g/mol. The zero-order chi connectivity index (χ0) is 16.7. The van der Waals surface area contributed by atoms with Gasteiger partial charge in [-0.05, 0) is 44.7 Å². The fraction of sp³-hybridized carbons (Fsp3) is 0.500. The lowest BCUT2D eigenvalue weighted by Crippen LogP contribution is -2.42. The molecule has 0 aliphatic carbocycles. The number of carbonyl (C=O) groups is 1. The quantitative estimate of drug-likeness (QED) is 0.576. The molecule has 0 radical (unpaired) electrons. The number of hydrogen-bond acceptors (Lipinski definition) is 6. The van der Waals surface area contributed by atoms with Crippen molar-refractivity contribution in [3.8, 4) is 0 Å². The van der Waals surface area contributed by atoms with E-state index in [4.69, 9.17) is 9.31 Å². The lowest BCUT2D eigenvalue weighted by molar-refractivity contribution is 0.00578. The van der Waals surface area contributed by atoms with Gasteiger partial charge in [-0.25, -0.2) is 4.79 Å². The largest absolute Gasteiger partial charge is 0.494 e. The van der Waals surface area contributed by atoms with E-state index in [1.807, 2.05) is 27.7 Å². The van der Waals surface area contributed by atoms with Gasteiger partial charge in [0.25, 0.3) is 0 Å². The Balaban J connectivity index is 2.39. The number of esters is 1. The van der Waals surface area contributed by atoms with Crippen molar-refractivity contribution in [3.63, 3.8) is 0 Å². The van der Waals surface area contributed by atoms with E-state index in [2.05, 4.69) is 4.74 Å². The van der Waals surface area contributed by atoms with Crippen molar-refractivity contribution in [2.24, 2.45) is 0 Å². The fourth-order valence-corrected chi connectivity index (χ4v) is 2.22. The molecule has 0 spiro atoms. The zero-order valence-corrected chi connectivity index (χ0v) is 13.4. The molecular formula is C14H20B2O6. The minimum atomic E-state index is -1.79. The predicted molar refractivity (Wildman–Crippen MR) is 83.3 cm³/mol. The van der Waals surface area contributed by atoms with Crippen molar-refractivity contribution in [1.29, 1.82) is 0 Å². The molecule has 8 heteroatoms. The molecule has 22 heavy (non-hydrogen) atoms. The van der Waals surface area contributed by atoms with E-state index in [1.54, 1.807) is 6.07 Å². The van der Waals surface area contributed by atoms with Crippen LogP contribution in [-0.2, 0) is 14.0 Å². The Morgan fingerprint density at radius 1 is 1.18 bits per heavy atom. The van der Waals surface area contributed by atoms with Gasteiger partial charge in [-0.15, -0.1) is 0 Å².